The number of thioether (sulfide) groups is 1. The molecule has 2 aromatic heterocycles. The van der Waals surface area contributed by atoms with Gasteiger partial charge in [-0.25, -0.2) is 4.98 Å². The summed E-state index contributed by atoms with van der Waals surface area (Å²) in [5.74, 6) is 0.471. The highest BCUT2D eigenvalue weighted by Crippen LogP contribution is 2.37. The van der Waals surface area contributed by atoms with Gasteiger partial charge in [-0.05, 0) is 37.7 Å². The molecule has 0 atom stereocenters. The first-order valence-corrected chi connectivity index (χ1v) is 11.3. The second-order valence-electron chi connectivity index (χ2n) is 7.82. The summed E-state index contributed by atoms with van der Waals surface area (Å²) in [4.78, 5) is 35.8. The third kappa shape index (κ3) is 3.59. The number of aromatic amines is 1. The Morgan fingerprint density at radius 3 is 2.62 bits per heavy atom. The van der Waals surface area contributed by atoms with Gasteiger partial charge in [0.05, 0.1) is 5.75 Å². The van der Waals surface area contributed by atoms with Crippen molar-refractivity contribution >= 4 is 28.7 Å². The van der Waals surface area contributed by atoms with Crippen LogP contribution in [0.5, 0.6) is 0 Å². The third-order valence-corrected chi connectivity index (χ3v) is 6.67. The van der Waals surface area contributed by atoms with Gasteiger partial charge >= 0.3 is 0 Å². The number of fused-ring (bicyclic) bond motifs is 1. The van der Waals surface area contributed by atoms with Crippen LogP contribution in [0.3, 0.4) is 0 Å². The number of likely N-dealkylation sites (tertiary alicyclic amines) is 1. The maximum absolute atomic E-state index is 13.2. The van der Waals surface area contributed by atoms with Gasteiger partial charge in [0.15, 0.2) is 5.16 Å². The van der Waals surface area contributed by atoms with Gasteiger partial charge in [0.2, 0.25) is 5.91 Å². The maximum Gasteiger partial charge on any atom is 0.278 e. The minimum absolute atomic E-state index is 0.0346. The van der Waals surface area contributed by atoms with Crippen LogP contribution in [0.2, 0.25) is 0 Å². The van der Waals surface area contributed by atoms with E-state index in [4.69, 9.17) is 4.98 Å². The van der Waals surface area contributed by atoms with Crippen molar-refractivity contribution in [2.75, 3.05) is 18.8 Å². The predicted molar refractivity (Wildman–Crippen MR) is 115 cm³/mol. The first kappa shape index (κ1) is 18.5. The van der Waals surface area contributed by atoms with Crippen molar-refractivity contribution in [1.82, 2.24) is 19.4 Å². The van der Waals surface area contributed by atoms with Crippen LogP contribution in [0.1, 0.15) is 38.1 Å². The zero-order valence-electron chi connectivity index (χ0n) is 16.3. The molecule has 29 heavy (non-hydrogen) atoms. The molecule has 0 radical (unpaired) electrons. The van der Waals surface area contributed by atoms with Crippen molar-refractivity contribution in [2.24, 2.45) is 0 Å². The first-order valence-electron chi connectivity index (χ1n) is 10.3. The van der Waals surface area contributed by atoms with Gasteiger partial charge in [0.1, 0.15) is 11.0 Å². The van der Waals surface area contributed by atoms with E-state index in [9.17, 15) is 9.59 Å². The molecule has 1 aliphatic heterocycles. The monoisotopic (exact) mass is 408 g/mol. The van der Waals surface area contributed by atoms with Crippen molar-refractivity contribution in [2.45, 2.75) is 43.3 Å². The molecule has 1 amide bonds. The number of hydrogen-bond donors (Lipinski definition) is 1. The van der Waals surface area contributed by atoms with Crippen molar-refractivity contribution in [3.05, 3.63) is 46.9 Å². The molecule has 1 aromatic carbocycles. The molecule has 0 bridgehead atoms. The number of H-pyrrole nitrogens is 1. The average Bonchev–Trinajstić information content (AvgIpc) is 3.51. The molecule has 1 saturated carbocycles. The molecule has 3 heterocycles. The quantitative estimate of drug-likeness (QED) is 0.514. The number of benzene rings is 1. The van der Waals surface area contributed by atoms with E-state index in [1.807, 2.05) is 41.4 Å². The lowest BCUT2D eigenvalue weighted by Gasteiger charge is -2.26. The Bertz CT molecular complexity index is 1100. The molecule has 0 unspecified atom stereocenters. The van der Waals surface area contributed by atoms with E-state index in [0.717, 1.165) is 49.9 Å². The van der Waals surface area contributed by atoms with Crippen molar-refractivity contribution < 1.29 is 4.79 Å². The number of carbonyl (C=O) groups excluding carboxylic acids is 1. The summed E-state index contributed by atoms with van der Waals surface area (Å²) in [5.41, 5.74) is 3.14. The lowest BCUT2D eigenvalue weighted by molar-refractivity contribution is -0.129. The summed E-state index contributed by atoms with van der Waals surface area (Å²) < 4.78 is 1.79. The summed E-state index contributed by atoms with van der Waals surface area (Å²) in [7, 11) is 0. The zero-order chi connectivity index (χ0) is 19.8. The lowest BCUT2D eigenvalue weighted by Crippen LogP contribution is -2.37. The fraction of sp³-hybridized carbons (Fsp3) is 0.409. The van der Waals surface area contributed by atoms with Crippen molar-refractivity contribution in [3.63, 3.8) is 0 Å². The highest BCUT2D eigenvalue weighted by Gasteiger charge is 2.30. The summed E-state index contributed by atoms with van der Waals surface area (Å²) in [6.45, 7) is 1.69. The Morgan fingerprint density at radius 1 is 1.14 bits per heavy atom. The molecule has 7 heteroatoms. The largest absolute Gasteiger partial charge is 0.355 e. The number of rotatable bonds is 5. The molecule has 1 aliphatic carbocycles. The average molecular weight is 409 g/mol. The van der Waals surface area contributed by atoms with Crippen LogP contribution < -0.4 is 5.56 Å². The molecule has 1 saturated heterocycles. The molecule has 6 nitrogen and oxygen atoms in total. The van der Waals surface area contributed by atoms with Gasteiger partial charge in [0.25, 0.3) is 5.56 Å². The van der Waals surface area contributed by atoms with Crippen LogP contribution in [0.25, 0.3) is 22.2 Å². The SMILES string of the molecule is O=C(CSc1nc2c(-c3ccccc3)c[nH]c2c(=O)n1C1CC1)N1CCCCC1. The standard InChI is InChI=1S/C22H24N4O2S/c27-18(25-11-5-2-6-12-25)14-29-22-24-19-17(15-7-3-1-4-8-15)13-23-20(19)21(28)26(22)16-9-10-16/h1,3-4,7-8,13,16,23H,2,5-6,9-12,14H2. The molecular weight excluding hydrogens is 384 g/mol. The van der Waals surface area contributed by atoms with Gasteiger partial charge in [-0.15, -0.1) is 0 Å². The summed E-state index contributed by atoms with van der Waals surface area (Å²) in [6.07, 6.45) is 7.21. The number of nitrogens with zero attached hydrogens (tertiary/aromatic N) is 3. The number of nitrogens with one attached hydrogen (secondary N) is 1. The number of piperidine rings is 1. The summed E-state index contributed by atoms with van der Waals surface area (Å²) >= 11 is 1.40. The Labute approximate surface area is 173 Å². The number of aromatic nitrogens is 3. The molecule has 2 fully saturated rings. The molecule has 1 N–H and O–H groups in total. The van der Waals surface area contributed by atoms with E-state index in [-0.39, 0.29) is 17.5 Å². The minimum atomic E-state index is -0.0346. The topological polar surface area (TPSA) is 71.0 Å². The Balaban J connectivity index is 1.50. The number of hydrogen-bond acceptors (Lipinski definition) is 4. The van der Waals surface area contributed by atoms with E-state index < -0.39 is 0 Å². The molecule has 3 aromatic rings. The second kappa shape index (κ2) is 7.71. The molecular formula is C22H24N4O2S. The van der Waals surface area contributed by atoms with E-state index in [1.54, 1.807) is 4.57 Å². The number of carbonyl (C=O) groups is 1. The smallest absolute Gasteiger partial charge is 0.278 e. The Morgan fingerprint density at radius 2 is 1.90 bits per heavy atom. The first-order chi connectivity index (χ1) is 14.2. The van der Waals surface area contributed by atoms with Gasteiger partial charge in [-0.1, -0.05) is 42.1 Å². The Kier molecular flexibility index (Phi) is 4.91. The summed E-state index contributed by atoms with van der Waals surface area (Å²) in [5, 5.41) is 0.659. The van der Waals surface area contributed by atoms with E-state index in [0.29, 0.717) is 21.9 Å². The van der Waals surface area contributed by atoms with E-state index in [2.05, 4.69) is 4.98 Å². The fourth-order valence-electron chi connectivity index (χ4n) is 4.01. The Hall–Kier alpha value is -2.54. The van der Waals surface area contributed by atoms with Gasteiger partial charge in [-0.2, -0.15) is 0 Å². The zero-order valence-corrected chi connectivity index (χ0v) is 17.1. The third-order valence-electron chi connectivity index (χ3n) is 5.73. The predicted octanol–water partition coefficient (Wildman–Crippen LogP) is 3.83. The minimum Gasteiger partial charge on any atom is -0.355 e. The van der Waals surface area contributed by atoms with Crippen molar-refractivity contribution in [3.8, 4) is 11.1 Å². The molecule has 0 spiro atoms. The second-order valence-corrected chi connectivity index (χ2v) is 8.77. The van der Waals surface area contributed by atoms with E-state index in [1.165, 1.54) is 18.2 Å². The van der Waals surface area contributed by atoms with E-state index >= 15 is 0 Å². The normalized spacial score (nSPS) is 17.0. The molecule has 150 valence electrons. The van der Waals surface area contributed by atoms with Gasteiger partial charge in [0, 0.05) is 30.9 Å². The lowest BCUT2D eigenvalue weighted by atomic mass is 10.1. The molecule has 2 aliphatic rings. The highest BCUT2D eigenvalue weighted by atomic mass is 32.2. The van der Waals surface area contributed by atoms with Gasteiger partial charge in [-0.3, -0.25) is 14.2 Å². The van der Waals surface area contributed by atoms with Crippen LogP contribution >= 0.6 is 11.8 Å². The number of amides is 1. The van der Waals surface area contributed by atoms with Crippen molar-refractivity contribution in [1.29, 1.82) is 0 Å². The summed E-state index contributed by atoms with van der Waals surface area (Å²) in [6, 6.07) is 10.2. The highest BCUT2D eigenvalue weighted by molar-refractivity contribution is 7.99. The van der Waals surface area contributed by atoms with Crippen LogP contribution in [0.15, 0.2) is 46.5 Å². The van der Waals surface area contributed by atoms with Crippen LogP contribution in [0.4, 0.5) is 0 Å². The van der Waals surface area contributed by atoms with Crippen LogP contribution in [0, 0.1) is 0 Å². The van der Waals surface area contributed by atoms with Crippen LogP contribution in [-0.4, -0.2) is 44.2 Å². The van der Waals surface area contributed by atoms with Gasteiger partial charge < -0.3 is 9.88 Å². The maximum atomic E-state index is 13.2. The molecule has 5 rings (SSSR count). The van der Waals surface area contributed by atoms with Crippen LogP contribution in [-0.2, 0) is 4.79 Å². The fourth-order valence-corrected chi connectivity index (χ4v) is 4.97.